The molecule has 94 valence electrons. The standard InChI is InChI=1S/C15H16BrNO/c16-13-5-3-12(4-6-13)10-17(14-7-8-14)11-15-2-1-9-18-15/h1-6,9,14H,7-8,10-11H2. The van der Waals surface area contributed by atoms with Gasteiger partial charge in [-0.05, 0) is 42.7 Å². The van der Waals surface area contributed by atoms with Gasteiger partial charge in [0.2, 0.25) is 0 Å². The lowest BCUT2D eigenvalue weighted by Gasteiger charge is -2.20. The van der Waals surface area contributed by atoms with Gasteiger partial charge < -0.3 is 4.42 Å². The van der Waals surface area contributed by atoms with E-state index in [0.717, 1.165) is 29.4 Å². The molecular weight excluding hydrogens is 290 g/mol. The average Bonchev–Trinajstić information content (AvgIpc) is 3.10. The van der Waals surface area contributed by atoms with Crippen LogP contribution in [0.1, 0.15) is 24.2 Å². The summed E-state index contributed by atoms with van der Waals surface area (Å²) in [5.74, 6) is 1.05. The van der Waals surface area contributed by atoms with Crippen LogP contribution in [-0.4, -0.2) is 10.9 Å². The SMILES string of the molecule is Brc1ccc(CN(Cc2ccco2)C2CC2)cc1. The molecule has 0 saturated heterocycles. The van der Waals surface area contributed by atoms with E-state index in [2.05, 4.69) is 51.2 Å². The summed E-state index contributed by atoms with van der Waals surface area (Å²) in [6, 6.07) is 13.3. The lowest BCUT2D eigenvalue weighted by atomic mass is 10.2. The zero-order valence-electron chi connectivity index (χ0n) is 10.2. The summed E-state index contributed by atoms with van der Waals surface area (Å²) in [6.07, 6.45) is 4.38. The van der Waals surface area contributed by atoms with E-state index >= 15 is 0 Å². The van der Waals surface area contributed by atoms with Crippen molar-refractivity contribution in [3.8, 4) is 0 Å². The predicted octanol–water partition coefficient (Wildman–Crippen LogP) is 4.21. The third-order valence-electron chi connectivity index (χ3n) is 3.30. The number of benzene rings is 1. The molecule has 0 amide bonds. The molecule has 3 heteroatoms. The van der Waals surface area contributed by atoms with Crippen molar-refractivity contribution in [2.24, 2.45) is 0 Å². The van der Waals surface area contributed by atoms with Crippen LogP contribution in [0.5, 0.6) is 0 Å². The highest BCUT2D eigenvalue weighted by atomic mass is 79.9. The number of furan rings is 1. The molecule has 1 saturated carbocycles. The Morgan fingerprint density at radius 2 is 1.89 bits per heavy atom. The maximum atomic E-state index is 5.45. The maximum Gasteiger partial charge on any atom is 0.117 e. The van der Waals surface area contributed by atoms with E-state index < -0.39 is 0 Å². The van der Waals surface area contributed by atoms with Crippen molar-refractivity contribution in [2.75, 3.05) is 0 Å². The van der Waals surface area contributed by atoms with Crippen LogP contribution >= 0.6 is 15.9 Å². The van der Waals surface area contributed by atoms with E-state index in [-0.39, 0.29) is 0 Å². The van der Waals surface area contributed by atoms with Gasteiger partial charge in [-0.3, -0.25) is 4.90 Å². The van der Waals surface area contributed by atoms with Crippen molar-refractivity contribution in [1.82, 2.24) is 4.90 Å². The predicted molar refractivity (Wildman–Crippen MR) is 75.1 cm³/mol. The fourth-order valence-electron chi connectivity index (χ4n) is 2.18. The number of halogens is 1. The van der Waals surface area contributed by atoms with Gasteiger partial charge in [0.1, 0.15) is 5.76 Å². The summed E-state index contributed by atoms with van der Waals surface area (Å²) in [7, 11) is 0. The van der Waals surface area contributed by atoms with Crippen LogP contribution in [0.3, 0.4) is 0 Å². The quantitative estimate of drug-likeness (QED) is 0.823. The molecule has 18 heavy (non-hydrogen) atoms. The molecule has 1 fully saturated rings. The van der Waals surface area contributed by atoms with Crippen LogP contribution in [-0.2, 0) is 13.1 Å². The summed E-state index contributed by atoms with van der Waals surface area (Å²) >= 11 is 3.47. The van der Waals surface area contributed by atoms with Gasteiger partial charge in [-0.2, -0.15) is 0 Å². The number of nitrogens with zero attached hydrogens (tertiary/aromatic N) is 1. The normalized spacial score (nSPS) is 15.2. The van der Waals surface area contributed by atoms with Crippen LogP contribution < -0.4 is 0 Å². The first kappa shape index (κ1) is 12.0. The summed E-state index contributed by atoms with van der Waals surface area (Å²) in [6.45, 7) is 1.91. The molecule has 1 aliphatic rings. The second kappa shape index (κ2) is 5.29. The summed E-state index contributed by atoms with van der Waals surface area (Å²) in [5.41, 5.74) is 1.36. The molecule has 0 aliphatic heterocycles. The van der Waals surface area contributed by atoms with Crippen LogP contribution in [0.25, 0.3) is 0 Å². The fraction of sp³-hybridized carbons (Fsp3) is 0.333. The molecule has 1 heterocycles. The smallest absolute Gasteiger partial charge is 0.117 e. The molecule has 2 aromatic rings. The molecule has 3 rings (SSSR count). The molecule has 0 N–H and O–H groups in total. The van der Waals surface area contributed by atoms with Gasteiger partial charge in [-0.25, -0.2) is 0 Å². The Balaban J connectivity index is 1.68. The van der Waals surface area contributed by atoms with E-state index in [1.54, 1.807) is 6.26 Å². The summed E-state index contributed by atoms with van der Waals surface area (Å²) in [4.78, 5) is 2.50. The minimum Gasteiger partial charge on any atom is -0.468 e. The zero-order valence-corrected chi connectivity index (χ0v) is 11.8. The van der Waals surface area contributed by atoms with Crippen LogP contribution in [0, 0.1) is 0 Å². The number of hydrogen-bond donors (Lipinski definition) is 0. The van der Waals surface area contributed by atoms with Gasteiger partial charge in [-0.1, -0.05) is 28.1 Å². The summed E-state index contributed by atoms with van der Waals surface area (Å²) in [5, 5.41) is 0. The Kier molecular flexibility index (Phi) is 3.52. The van der Waals surface area contributed by atoms with Gasteiger partial charge >= 0.3 is 0 Å². The first-order valence-electron chi connectivity index (χ1n) is 6.32. The molecule has 1 aromatic carbocycles. The lowest BCUT2D eigenvalue weighted by molar-refractivity contribution is 0.225. The van der Waals surface area contributed by atoms with Crippen molar-refractivity contribution < 1.29 is 4.42 Å². The van der Waals surface area contributed by atoms with Crippen LogP contribution in [0.15, 0.2) is 51.6 Å². The van der Waals surface area contributed by atoms with Gasteiger partial charge in [0.15, 0.2) is 0 Å². The molecule has 2 nitrogen and oxygen atoms in total. The van der Waals surface area contributed by atoms with E-state index in [1.165, 1.54) is 18.4 Å². The Morgan fingerprint density at radius 3 is 2.50 bits per heavy atom. The zero-order chi connectivity index (χ0) is 12.4. The Labute approximate surface area is 116 Å². The van der Waals surface area contributed by atoms with Crippen molar-refractivity contribution in [1.29, 1.82) is 0 Å². The van der Waals surface area contributed by atoms with Crippen molar-refractivity contribution in [2.45, 2.75) is 32.0 Å². The Hall–Kier alpha value is -1.06. The minimum absolute atomic E-state index is 0.735. The molecule has 0 spiro atoms. The highest BCUT2D eigenvalue weighted by Crippen LogP contribution is 2.30. The topological polar surface area (TPSA) is 16.4 Å². The highest BCUT2D eigenvalue weighted by molar-refractivity contribution is 9.10. The molecule has 0 bridgehead atoms. The van der Waals surface area contributed by atoms with Gasteiger partial charge in [0.05, 0.1) is 12.8 Å². The van der Waals surface area contributed by atoms with Crippen molar-refractivity contribution in [3.63, 3.8) is 0 Å². The molecular formula is C15H16BrNO. The van der Waals surface area contributed by atoms with Crippen LogP contribution in [0.4, 0.5) is 0 Å². The summed E-state index contributed by atoms with van der Waals surface area (Å²) < 4.78 is 6.58. The van der Waals surface area contributed by atoms with E-state index in [0.29, 0.717) is 0 Å². The minimum atomic E-state index is 0.735. The third-order valence-corrected chi connectivity index (χ3v) is 3.83. The lowest BCUT2D eigenvalue weighted by Crippen LogP contribution is -2.24. The number of rotatable bonds is 5. The van der Waals surface area contributed by atoms with E-state index in [9.17, 15) is 0 Å². The fourth-order valence-corrected chi connectivity index (χ4v) is 2.45. The Bertz CT molecular complexity index is 488. The number of hydrogen-bond acceptors (Lipinski definition) is 2. The highest BCUT2D eigenvalue weighted by Gasteiger charge is 2.29. The largest absolute Gasteiger partial charge is 0.468 e. The maximum absolute atomic E-state index is 5.45. The van der Waals surface area contributed by atoms with Gasteiger partial charge in [0.25, 0.3) is 0 Å². The van der Waals surface area contributed by atoms with E-state index in [1.807, 2.05) is 6.07 Å². The molecule has 1 aliphatic carbocycles. The average molecular weight is 306 g/mol. The van der Waals surface area contributed by atoms with Crippen molar-refractivity contribution >= 4 is 15.9 Å². The van der Waals surface area contributed by atoms with Gasteiger partial charge in [-0.15, -0.1) is 0 Å². The van der Waals surface area contributed by atoms with Gasteiger partial charge in [0, 0.05) is 17.1 Å². The first-order chi connectivity index (χ1) is 8.81. The second-order valence-electron chi connectivity index (χ2n) is 4.84. The van der Waals surface area contributed by atoms with Crippen LogP contribution in [0.2, 0.25) is 0 Å². The molecule has 0 radical (unpaired) electrons. The Morgan fingerprint density at radius 1 is 1.11 bits per heavy atom. The second-order valence-corrected chi connectivity index (χ2v) is 5.76. The van der Waals surface area contributed by atoms with E-state index in [4.69, 9.17) is 4.42 Å². The third kappa shape index (κ3) is 3.03. The van der Waals surface area contributed by atoms with Crippen molar-refractivity contribution in [3.05, 3.63) is 58.5 Å². The molecule has 1 aromatic heterocycles. The molecule has 0 atom stereocenters. The first-order valence-corrected chi connectivity index (χ1v) is 7.11. The molecule has 0 unspecified atom stereocenters. The monoisotopic (exact) mass is 305 g/mol.